The number of hydroxylamine groups is 3. The van der Waals surface area contributed by atoms with Crippen molar-refractivity contribution in [2.24, 2.45) is 0 Å². The summed E-state index contributed by atoms with van der Waals surface area (Å²) in [4.78, 5) is 17.5. The van der Waals surface area contributed by atoms with E-state index in [-0.39, 0.29) is 5.97 Å². The highest BCUT2D eigenvalue weighted by atomic mass is 16.7. The third-order valence-electron chi connectivity index (χ3n) is 3.01. The Morgan fingerprint density at radius 1 is 1.06 bits per heavy atom. The Morgan fingerprint density at radius 2 is 1.56 bits per heavy atom. The highest BCUT2D eigenvalue weighted by molar-refractivity contribution is 5.88. The highest BCUT2D eigenvalue weighted by Crippen LogP contribution is 2.11. The first kappa shape index (κ1) is 12.7. The standard InChI is InChI=1S/C13H20NO2/c1-4-14(5-2,6-3)16-13(15)12-10-8-7-9-11-12/h7-11H,4-6H2,1-3H3/q+1. The lowest BCUT2D eigenvalue weighted by Crippen LogP contribution is -2.48. The molecule has 0 unspecified atom stereocenters. The summed E-state index contributed by atoms with van der Waals surface area (Å²) < 4.78 is 0.383. The summed E-state index contributed by atoms with van der Waals surface area (Å²) in [5, 5.41) is 0. The molecule has 16 heavy (non-hydrogen) atoms. The molecule has 0 radical (unpaired) electrons. The van der Waals surface area contributed by atoms with Crippen LogP contribution in [0.1, 0.15) is 31.1 Å². The molecule has 0 aliphatic rings. The minimum atomic E-state index is -0.244. The molecule has 0 bridgehead atoms. The molecule has 0 aromatic heterocycles. The normalized spacial score (nSPS) is 11.2. The molecule has 0 heterocycles. The maximum atomic E-state index is 11.9. The van der Waals surface area contributed by atoms with Crippen LogP contribution in [-0.2, 0) is 4.84 Å². The van der Waals surface area contributed by atoms with E-state index >= 15 is 0 Å². The van der Waals surface area contributed by atoms with Crippen LogP contribution >= 0.6 is 0 Å². The number of nitrogens with zero attached hydrogens (tertiary/aromatic N) is 1. The van der Waals surface area contributed by atoms with Crippen LogP contribution in [0.15, 0.2) is 30.3 Å². The monoisotopic (exact) mass is 222 g/mol. The lowest BCUT2D eigenvalue weighted by molar-refractivity contribution is -1.08. The molecule has 0 aliphatic carbocycles. The summed E-state index contributed by atoms with van der Waals surface area (Å²) in [6, 6.07) is 9.12. The van der Waals surface area contributed by atoms with Crippen LogP contribution in [0.5, 0.6) is 0 Å². The predicted octanol–water partition coefficient (Wildman–Crippen LogP) is 2.63. The Hall–Kier alpha value is -1.35. The number of hydrogen-bond acceptors (Lipinski definition) is 2. The van der Waals surface area contributed by atoms with Gasteiger partial charge in [-0.25, -0.2) is 4.79 Å². The number of benzene rings is 1. The van der Waals surface area contributed by atoms with Crippen molar-refractivity contribution in [1.82, 2.24) is 0 Å². The molecule has 0 amide bonds. The SMILES string of the molecule is CC[N+](CC)(CC)OC(=O)c1ccccc1. The van der Waals surface area contributed by atoms with Crippen LogP contribution in [0.2, 0.25) is 0 Å². The Bertz CT molecular complexity index is 323. The Labute approximate surface area is 97.2 Å². The molecule has 1 rings (SSSR count). The number of quaternary nitrogens is 1. The maximum Gasteiger partial charge on any atom is 0.397 e. The number of rotatable bonds is 5. The van der Waals surface area contributed by atoms with Gasteiger partial charge in [0.1, 0.15) is 19.6 Å². The van der Waals surface area contributed by atoms with Crippen molar-refractivity contribution in [3.05, 3.63) is 35.9 Å². The smallest absolute Gasteiger partial charge is 0.271 e. The maximum absolute atomic E-state index is 11.9. The molecular formula is C13H20NO2+. The molecule has 0 saturated heterocycles. The average molecular weight is 222 g/mol. The third-order valence-corrected chi connectivity index (χ3v) is 3.01. The second-order valence-electron chi connectivity index (χ2n) is 3.75. The van der Waals surface area contributed by atoms with Crippen LogP contribution in [0.25, 0.3) is 0 Å². The van der Waals surface area contributed by atoms with Crippen LogP contribution in [-0.4, -0.2) is 30.2 Å². The molecule has 0 fully saturated rings. The molecule has 1 aromatic rings. The van der Waals surface area contributed by atoms with Gasteiger partial charge >= 0.3 is 5.97 Å². The summed E-state index contributed by atoms with van der Waals surface area (Å²) in [7, 11) is 0. The van der Waals surface area contributed by atoms with Gasteiger partial charge in [-0.3, -0.25) is 4.84 Å². The van der Waals surface area contributed by atoms with Gasteiger partial charge in [0.15, 0.2) is 0 Å². The Kier molecular flexibility index (Phi) is 4.50. The van der Waals surface area contributed by atoms with Gasteiger partial charge in [-0.05, 0) is 32.9 Å². The van der Waals surface area contributed by atoms with Gasteiger partial charge in [0, 0.05) is 0 Å². The topological polar surface area (TPSA) is 26.3 Å². The molecule has 0 aliphatic heterocycles. The van der Waals surface area contributed by atoms with Gasteiger partial charge < -0.3 is 0 Å². The van der Waals surface area contributed by atoms with Gasteiger partial charge in [0.25, 0.3) is 0 Å². The lowest BCUT2D eigenvalue weighted by Gasteiger charge is -2.31. The van der Waals surface area contributed by atoms with Crippen molar-refractivity contribution in [2.45, 2.75) is 20.8 Å². The van der Waals surface area contributed by atoms with E-state index in [4.69, 9.17) is 4.84 Å². The van der Waals surface area contributed by atoms with Gasteiger partial charge in [0.05, 0.1) is 5.56 Å². The fourth-order valence-corrected chi connectivity index (χ4v) is 1.67. The molecular weight excluding hydrogens is 202 g/mol. The van der Waals surface area contributed by atoms with Crippen molar-refractivity contribution in [3.8, 4) is 0 Å². The zero-order chi connectivity index (χ0) is 12.0. The fraction of sp³-hybridized carbons (Fsp3) is 0.462. The number of carbonyl (C=O) groups excluding carboxylic acids is 1. The van der Waals surface area contributed by atoms with Crippen molar-refractivity contribution >= 4 is 5.97 Å². The molecule has 3 heteroatoms. The number of hydrogen-bond donors (Lipinski definition) is 0. The van der Waals surface area contributed by atoms with Crippen molar-refractivity contribution in [2.75, 3.05) is 19.6 Å². The first-order chi connectivity index (χ1) is 7.67. The highest BCUT2D eigenvalue weighted by Gasteiger charge is 2.27. The molecule has 0 atom stereocenters. The molecule has 3 nitrogen and oxygen atoms in total. The zero-order valence-corrected chi connectivity index (χ0v) is 10.3. The van der Waals surface area contributed by atoms with Crippen molar-refractivity contribution < 1.29 is 14.3 Å². The summed E-state index contributed by atoms with van der Waals surface area (Å²) >= 11 is 0. The summed E-state index contributed by atoms with van der Waals surface area (Å²) in [5.41, 5.74) is 0.611. The Balaban J connectivity index is 2.77. The van der Waals surface area contributed by atoms with E-state index in [1.807, 2.05) is 39.0 Å². The first-order valence-corrected chi connectivity index (χ1v) is 5.82. The minimum Gasteiger partial charge on any atom is -0.271 e. The first-order valence-electron chi connectivity index (χ1n) is 5.82. The second kappa shape index (κ2) is 5.66. The van der Waals surface area contributed by atoms with E-state index in [9.17, 15) is 4.79 Å². The van der Waals surface area contributed by atoms with E-state index < -0.39 is 0 Å². The summed E-state index contributed by atoms with van der Waals surface area (Å²) in [5.74, 6) is -0.244. The van der Waals surface area contributed by atoms with E-state index in [0.717, 1.165) is 19.6 Å². The second-order valence-corrected chi connectivity index (χ2v) is 3.75. The van der Waals surface area contributed by atoms with E-state index in [0.29, 0.717) is 10.2 Å². The van der Waals surface area contributed by atoms with E-state index in [1.165, 1.54) is 0 Å². The minimum absolute atomic E-state index is 0.244. The van der Waals surface area contributed by atoms with Gasteiger partial charge in [-0.1, -0.05) is 18.2 Å². The molecule has 1 aromatic carbocycles. The van der Waals surface area contributed by atoms with E-state index in [1.54, 1.807) is 12.1 Å². The van der Waals surface area contributed by atoms with Crippen LogP contribution in [0, 0.1) is 0 Å². The fourth-order valence-electron chi connectivity index (χ4n) is 1.67. The Morgan fingerprint density at radius 3 is 2.00 bits per heavy atom. The zero-order valence-electron chi connectivity index (χ0n) is 10.3. The van der Waals surface area contributed by atoms with Gasteiger partial charge in [-0.2, -0.15) is 0 Å². The van der Waals surface area contributed by atoms with Crippen molar-refractivity contribution in [1.29, 1.82) is 0 Å². The predicted molar refractivity (Wildman–Crippen MR) is 63.7 cm³/mol. The lowest BCUT2D eigenvalue weighted by atomic mass is 10.2. The van der Waals surface area contributed by atoms with Crippen molar-refractivity contribution in [3.63, 3.8) is 0 Å². The van der Waals surface area contributed by atoms with Crippen LogP contribution in [0.3, 0.4) is 0 Å². The largest absolute Gasteiger partial charge is 0.397 e. The van der Waals surface area contributed by atoms with Crippen LogP contribution in [0.4, 0.5) is 0 Å². The summed E-state index contributed by atoms with van der Waals surface area (Å²) in [6.07, 6.45) is 0. The van der Waals surface area contributed by atoms with Gasteiger partial charge in [0.2, 0.25) is 0 Å². The molecule has 0 saturated carbocycles. The molecule has 0 N–H and O–H groups in total. The average Bonchev–Trinajstić information content (AvgIpc) is 2.37. The van der Waals surface area contributed by atoms with E-state index in [2.05, 4.69) is 0 Å². The third kappa shape index (κ3) is 2.83. The molecule has 88 valence electrons. The number of carbonyl (C=O) groups is 1. The van der Waals surface area contributed by atoms with Gasteiger partial charge in [-0.15, -0.1) is 4.65 Å². The quantitative estimate of drug-likeness (QED) is 0.565. The van der Waals surface area contributed by atoms with Crippen LogP contribution < -0.4 is 0 Å². The molecule has 0 spiro atoms. The summed E-state index contributed by atoms with van der Waals surface area (Å²) in [6.45, 7) is 8.49.